The Labute approximate surface area is 84.7 Å². The van der Waals surface area contributed by atoms with E-state index in [2.05, 4.69) is 24.5 Å². The molecule has 0 aliphatic carbocycles. The van der Waals surface area contributed by atoms with E-state index in [1.807, 2.05) is 43.3 Å². The van der Waals surface area contributed by atoms with E-state index in [1.54, 1.807) is 0 Å². The maximum atomic E-state index is 4.08. The summed E-state index contributed by atoms with van der Waals surface area (Å²) in [6.45, 7) is 3.66. The molecule has 0 aliphatic rings. The number of anilines is 2. The van der Waals surface area contributed by atoms with Crippen LogP contribution in [-0.2, 0) is 0 Å². The van der Waals surface area contributed by atoms with Crippen molar-refractivity contribution in [1.82, 2.24) is 0 Å². The van der Waals surface area contributed by atoms with Gasteiger partial charge in [0.2, 0.25) is 0 Å². The van der Waals surface area contributed by atoms with E-state index in [9.17, 15) is 0 Å². The summed E-state index contributed by atoms with van der Waals surface area (Å²) >= 11 is 4.08. The predicted octanol–water partition coefficient (Wildman–Crippen LogP) is 2.57. The highest BCUT2D eigenvalue weighted by atomic mass is 32.1. The molecule has 0 saturated heterocycles. The van der Waals surface area contributed by atoms with Gasteiger partial charge in [-0.2, -0.15) is 0 Å². The van der Waals surface area contributed by atoms with Gasteiger partial charge in [0, 0.05) is 25.5 Å². The Kier molecular flexibility index (Phi) is 3.25. The molecule has 70 valence electrons. The Balaban J connectivity index is 2.85. The quantitative estimate of drug-likeness (QED) is 0.719. The van der Waals surface area contributed by atoms with Crippen LogP contribution in [0.5, 0.6) is 0 Å². The number of hydrogen-bond acceptors (Lipinski definition) is 3. The first kappa shape index (κ1) is 9.99. The van der Waals surface area contributed by atoms with Crippen molar-refractivity contribution in [2.24, 2.45) is 0 Å². The van der Waals surface area contributed by atoms with Crippen molar-refractivity contribution < 1.29 is 0 Å². The van der Waals surface area contributed by atoms with Crippen LogP contribution >= 0.6 is 12.6 Å². The Hall–Kier alpha value is -1.09. The van der Waals surface area contributed by atoms with Crippen molar-refractivity contribution in [3.8, 4) is 0 Å². The third-order valence-electron chi connectivity index (χ3n) is 1.65. The van der Waals surface area contributed by atoms with Crippen LogP contribution in [0.15, 0.2) is 35.9 Å². The van der Waals surface area contributed by atoms with Crippen LogP contribution in [0.3, 0.4) is 0 Å². The molecular formula is C10H14N2S. The second kappa shape index (κ2) is 4.23. The largest absolute Gasteiger partial charge is 0.378 e. The third-order valence-corrected chi connectivity index (χ3v) is 1.76. The Morgan fingerprint density at radius 3 is 2.69 bits per heavy atom. The van der Waals surface area contributed by atoms with Gasteiger partial charge in [-0.15, -0.1) is 12.6 Å². The molecule has 0 aromatic heterocycles. The SMILES string of the molecule is C=C(S)Nc1cccc(N(C)C)c1. The van der Waals surface area contributed by atoms with Crippen molar-refractivity contribution in [1.29, 1.82) is 0 Å². The zero-order valence-corrected chi connectivity index (χ0v) is 8.81. The zero-order valence-electron chi connectivity index (χ0n) is 7.91. The summed E-state index contributed by atoms with van der Waals surface area (Å²) in [7, 11) is 4.02. The second-order valence-electron chi connectivity index (χ2n) is 3.02. The molecule has 0 unspecified atom stereocenters. The highest BCUT2D eigenvalue weighted by molar-refractivity contribution is 7.84. The number of hydrogen-bond donors (Lipinski definition) is 2. The van der Waals surface area contributed by atoms with E-state index in [0.717, 1.165) is 11.4 Å². The minimum Gasteiger partial charge on any atom is -0.378 e. The molecule has 0 fully saturated rings. The minimum atomic E-state index is 0.649. The number of rotatable bonds is 3. The van der Waals surface area contributed by atoms with Gasteiger partial charge in [0.1, 0.15) is 0 Å². The number of thiol groups is 1. The van der Waals surface area contributed by atoms with Crippen LogP contribution in [0.25, 0.3) is 0 Å². The molecule has 0 saturated carbocycles. The predicted molar refractivity (Wildman–Crippen MR) is 62.5 cm³/mol. The van der Waals surface area contributed by atoms with Crippen LogP contribution in [0.4, 0.5) is 11.4 Å². The van der Waals surface area contributed by atoms with Gasteiger partial charge < -0.3 is 10.2 Å². The molecule has 1 rings (SSSR count). The van der Waals surface area contributed by atoms with Crippen molar-refractivity contribution in [2.75, 3.05) is 24.3 Å². The summed E-state index contributed by atoms with van der Waals surface area (Å²) in [4.78, 5) is 2.05. The van der Waals surface area contributed by atoms with Crippen LogP contribution in [0.1, 0.15) is 0 Å². The summed E-state index contributed by atoms with van der Waals surface area (Å²) in [6, 6.07) is 8.07. The minimum absolute atomic E-state index is 0.649. The summed E-state index contributed by atoms with van der Waals surface area (Å²) in [5.41, 5.74) is 2.16. The monoisotopic (exact) mass is 194 g/mol. The van der Waals surface area contributed by atoms with Crippen molar-refractivity contribution in [2.45, 2.75) is 0 Å². The molecule has 0 heterocycles. The molecular weight excluding hydrogens is 180 g/mol. The molecule has 0 bridgehead atoms. The van der Waals surface area contributed by atoms with Gasteiger partial charge >= 0.3 is 0 Å². The average molecular weight is 194 g/mol. The number of nitrogens with zero attached hydrogens (tertiary/aromatic N) is 1. The smallest absolute Gasteiger partial charge is 0.0621 e. The second-order valence-corrected chi connectivity index (χ2v) is 3.56. The summed E-state index contributed by atoms with van der Waals surface area (Å²) in [5.74, 6) is 0. The van der Waals surface area contributed by atoms with Gasteiger partial charge in [-0.25, -0.2) is 0 Å². The fourth-order valence-electron chi connectivity index (χ4n) is 1.03. The van der Waals surface area contributed by atoms with Gasteiger partial charge in [0.25, 0.3) is 0 Å². The van der Waals surface area contributed by atoms with Crippen molar-refractivity contribution in [3.05, 3.63) is 35.9 Å². The van der Waals surface area contributed by atoms with Crippen molar-refractivity contribution in [3.63, 3.8) is 0 Å². The highest BCUT2D eigenvalue weighted by Gasteiger charge is 1.96. The normalized spacial score (nSPS) is 9.46. The van der Waals surface area contributed by atoms with Gasteiger partial charge in [-0.05, 0) is 18.2 Å². The van der Waals surface area contributed by atoms with E-state index < -0.39 is 0 Å². The molecule has 13 heavy (non-hydrogen) atoms. The van der Waals surface area contributed by atoms with E-state index >= 15 is 0 Å². The first-order valence-corrected chi connectivity index (χ1v) is 4.46. The average Bonchev–Trinajstić information content (AvgIpc) is 2.03. The lowest BCUT2D eigenvalue weighted by Crippen LogP contribution is -2.08. The van der Waals surface area contributed by atoms with E-state index in [4.69, 9.17) is 0 Å². The molecule has 0 aliphatic heterocycles. The van der Waals surface area contributed by atoms with Gasteiger partial charge in [0.15, 0.2) is 0 Å². The van der Waals surface area contributed by atoms with Crippen LogP contribution in [0, 0.1) is 0 Å². The van der Waals surface area contributed by atoms with Crippen LogP contribution in [-0.4, -0.2) is 14.1 Å². The Morgan fingerprint density at radius 1 is 1.46 bits per heavy atom. The fourth-order valence-corrected chi connectivity index (χ4v) is 1.16. The Bertz CT molecular complexity index is 308. The highest BCUT2D eigenvalue weighted by Crippen LogP contribution is 2.18. The summed E-state index contributed by atoms with van der Waals surface area (Å²) in [6.07, 6.45) is 0. The zero-order chi connectivity index (χ0) is 9.84. The van der Waals surface area contributed by atoms with Gasteiger partial charge in [-0.1, -0.05) is 12.6 Å². The molecule has 1 N–H and O–H groups in total. The number of nitrogens with one attached hydrogen (secondary N) is 1. The van der Waals surface area contributed by atoms with Crippen molar-refractivity contribution >= 4 is 24.0 Å². The van der Waals surface area contributed by atoms with Crippen LogP contribution < -0.4 is 10.2 Å². The van der Waals surface area contributed by atoms with Crippen LogP contribution in [0.2, 0.25) is 0 Å². The van der Waals surface area contributed by atoms with E-state index in [-0.39, 0.29) is 0 Å². The summed E-state index contributed by atoms with van der Waals surface area (Å²) < 4.78 is 0. The molecule has 0 spiro atoms. The molecule has 0 atom stereocenters. The van der Waals surface area contributed by atoms with Gasteiger partial charge in [-0.3, -0.25) is 0 Å². The summed E-state index contributed by atoms with van der Waals surface area (Å²) in [5, 5.41) is 3.69. The van der Waals surface area contributed by atoms with Gasteiger partial charge in [0.05, 0.1) is 5.03 Å². The maximum absolute atomic E-state index is 4.08. The standard InChI is InChI=1S/C10H14N2S/c1-8(13)11-9-5-4-6-10(7-9)12(2)3/h4-7,11,13H,1H2,2-3H3. The third kappa shape index (κ3) is 3.03. The molecule has 0 amide bonds. The fraction of sp³-hybridized carbons (Fsp3) is 0.200. The maximum Gasteiger partial charge on any atom is 0.0621 e. The topological polar surface area (TPSA) is 15.3 Å². The van der Waals surface area contributed by atoms with E-state index in [1.165, 1.54) is 0 Å². The lowest BCUT2D eigenvalue weighted by Gasteiger charge is -2.14. The lowest BCUT2D eigenvalue weighted by molar-refractivity contribution is 1.13. The first-order chi connectivity index (χ1) is 6.09. The molecule has 2 nitrogen and oxygen atoms in total. The molecule has 0 radical (unpaired) electrons. The molecule has 3 heteroatoms. The Morgan fingerprint density at radius 2 is 2.15 bits per heavy atom. The number of benzene rings is 1. The molecule has 1 aromatic rings. The molecule has 1 aromatic carbocycles. The first-order valence-electron chi connectivity index (χ1n) is 4.02. The van der Waals surface area contributed by atoms with E-state index in [0.29, 0.717) is 5.03 Å². The lowest BCUT2D eigenvalue weighted by atomic mass is 10.2.